The summed E-state index contributed by atoms with van der Waals surface area (Å²) < 4.78 is 25.9. The van der Waals surface area contributed by atoms with Crippen LogP contribution in [0.2, 0.25) is 0 Å². The first-order valence-corrected chi connectivity index (χ1v) is 8.38. The number of rotatable bonds is 5. The monoisotopic (exact) mass is 304 g/mol. The SMILES string of the molecule is C[C@@H](NS(=O)(=O)C1CN(C(=O)C2CCCC2)C1)C(=O)O. The summed E-state index contributed by atoms with van der Waals surface area (Å²) in [4.78, 5) is 24.3. The zero-order chi connectivity index (χ0) is 14.9. The summed E-state index contributed by atoms with van der Waals surface area (Å²) in [6, 6.07) is -1.15. The maximum absolute atomic E-state index is 12.0. The molecule has 7 nitrogen and oxygen atoms in total. The zero-order valence-electron chi connectivity index (χ0n) is 11.4. The summed E-state index contributed by atoms with van der Waals surface area (Å²) >= 11 is 0. The molecule has 1 aliphatic carbocycles. The lowest BCUT2D eigenvalue weighted by atomic mass is 10.0. The van der Waals surface area contributed by atoms with Crippen LogP contribution in [0.15, 0.2) is 0 Å². The molecular weight excluding hydrogens is 284 g/mol. The second-order valence-corrected chi connectivity index (χ2v) is 7.56. The molecule has 1 aliphatic heterocycles. The quantitative estimate of drug-likeness (QED) is 0.731. The summed E-state index contributed by atoms with van der Waals surface area (Å²) in [6.45, 7) is 1.61. The van der Waals surface area contributed by atoms with Crippen molar-refractivity contribution in [1.29, 1.82) is 0 Å². The van der Waals surface area contributed by atoms with E-state index in [1.165, 1.54) is 6.92 Å². The number of carboxylic acids is 1. The van der Waals surface area contributed by atoms with E-state index in [2.05, 4.69) is 4.72 Å². The Morgan fingerprint density at radius 1 is 1.25 bits per heavy atom. The fraction of sp³-hybridized carbons (Fsp3) is 0.833. The third-order valence-electron chi connectivity index (χ3n) is 4.01. The molecule has 0 aromatic carbocycles. The predicted octanol–water partition coefficient (Wildman–Crippen LogP) is -0.220. The lowest BCUT2D eigenvalue weighted by Gasteiger charge is -2.40. The lowest BCUT2D eigenvalue weighted by molar-refractivity contribution is -0.139. The predicted molar refractivity (Wildman–Crippen MR) is 71.5 cm³/mol. The molecule has 0 unspecified atom stereocenters. The van der Waals surface area contributed by atoms with Crippen molar-refractivity contribution in [3.8, 4) is 0 Å². The van der Waals surface area contributed by atoms with Gasteiger partial charge in [0.2, 0.25) is 15.9 Å². The van der Waals surface area contributed by atoms with Crippen LogP contribution in [0.4, 0.5) is 0 Å². The molecule has 1 heterocycles. The molecule has 8 heteroatoms. The van der Waals surface area contributed by atoms with Gasteiger partial charge in [-0.25, -0.2) is 13.1 Å². The molecule has 0 bridgehead atoms. The Morgan fingerprint density at radius 3 is 2.30 bits per heavy atom. The van der Waals surface area contributed by atoms with Crippen LogP contribution in [0.5, 0.6) is 0 Å². The van der Waals surface area contributed by atoms with Gasteiger partial charge in [-0.1, -0.05) is 12.8 Å². The van der Waals surface area contributed by atoms with E-state index in [1.807, 2.05) is 0 Å². The molecule has 2 fully saturated rings. The van der Waals surface area contributed by atoms with Gasteiger partial charge in [-0.05, 0) is 19.8 Å². The maximum Gasteiger partial charge on any atom is 0.321 e. The lowest BCUT2D eigenvalue weighted by Crippen LogP contribution is -2.61. The van der Waals surface area contributed by atoms with Crippen LogP contribution in [0, 0.1) is 5.92 Å². The van der Waals surface area contributed by atoms with Crippen LogP contribution < -0.4 is 4.72 Å². The average Bonchev–Trinajstić information content (AvgIpc) is 2.78. The molecule has 114 valence electrons. The van der Waals surface area contributed by atoms with Gasteiger partial charge in [0, 0.05) is 19.0 Å². The first kappa shape index (κ1) is 15.2. The first-order chi connectivity index (χ1) is 9.31. The van der Waals surface area contributed by atoms with E-state index in [-0.39, 0.29) is 24.9 Å². The van der Waals surface area contributed by atoms with E-state index >= 15 is 0 Å². The van der Waals surface area contributed by atoms with Crippen LogP contribution in [0.1, 0.15) is 32.6 Å². The van der Waals surface area contributed by atoms with Crippen molar-refractivity contribution in [3.63, 3.8) is 0 Å². The molecule has 1 amide bonds. The molecule has 0 radical (unpaired) electrons. The average molecular weight is 304 g/mol. The summed E-state index contributed by atoms with van der Waals surface area (Å²) in [5.74, 6) is -1.13. The number of likely N-dealkylation sites (tertiary alicyclic amines) is 1. The normalized spacial score (nSPS) is 22.6. The summed E-state index contributed by atoms with van der Waals surface area (Å²) in [5.41, 5.74) is 0. The summed E-state index contributed by atoms with van der Waals surface area (Å²) in [6.07, 6.45) is 3.90. The number of hydrogen-bond acceptors (Lipinski definition) is 4. The van der Waals surface area contributed by atoms with E-state index in [4.69, 9.17) is 5.11 Å². The maximum atomic E-state index is 12.0. The Bertz CT molecular complexity index is 492. The highest BCUT2D eigenvalue weighted by Crippen LogP contribution is 2.29. The first-order valence-electron chi connectivity index (χ1n) is 6.84. The van der Waals surface area contributed by atoms with Gasteiger partial charge < -0.3 is 10.0 Å². The standard InChI is InChI=1S/C12H20N2O5S/c1-8(12(16)17)13-20(18,19)10-6-14(7-10)11(15)9-4-2-3-5-9/h8-10,13H,2-7H2,1H3,(H,16,17)/t8-/m1/s1. The second-order valence-electron chi connectivity index (χ2n) is 5.57. The fourth-order valence-corrected chi connectivity index (χ4v) is 4.18. The molecular formula is C12H20N2O5S. The Labute approximate surface area is 118 Å². The topological polar surface area (TPSA) is 104 Å². The summed E-state index contributed by atoms with van der Waals surface area (Å²) in [5, 5.41) is 8.01. The van der Waals surface area contributed by atoms with Gasteiger partial charge in [0.1, 0.15) is 11.3 Å². The molecule has 0 aromatic rings. The van der Waals surface area contributed by atoms with Crippen molar-refractivity contribution in [2.24, 2.45) is 5.92 Å². The van der Waals surface area contributed by atoms with Gasteiger partial charge in [-0.15, -0.1) is 0 Å². The number of aliphatic carboxylic acids is 1. The van der Waals surface area contributed by atoms with Crippen molar-refractivity contribution in [3.05, 3.63) is 0 Å². The van der Waals surface area contributed by atoms with Crippen molar-refractivity contribution in [1.82, 2.24) is 9.62 Å². The van der Waals surface area contributed by atoms with Crippen molar-refractivity contribution in [2.45, 2.75) is 43.9 Å². The van der Waals surface area contributed by atoms with E-state index in [9.17, 15) is 18.0 Å². The van der Waals surface area contributed by atoms with Crippen LogP contribution in [0.25, 0.3) is 0 Å². The van der Waals surface area contributed by atoms with Crippen molar-refractivity contribution < 1.29 is 23.1 Å². The highest BCUT2D eigenvalue weighted by atomic mass is 32.2. The number of hydrogen-bond donors (Lipinski definition) is 2. The summed E-state index contributed by atoms with van der Waals surface area (Å²) in [7, 11) is -3.68. The molecule has 2 N–H and O–H groups in total. The van der Waals surface area contributed by atoms with Crippen molar-refractivity contribution >= 4 is 21.9 Å². The molecule has 0 aromatic heterocycles. The van der Waals surface area contributed by atoms with Gasteiger partial charge in [-0.3, -0.25) is 9.59 Å². The highest BCUT2D eigenvalue weighted by molar-refractivity contribution is 7.90. The third kappa shape index (κ3) is 3.12. The largest absolute Gasteiger partial charge is 0.480 e. The van der Waals surface area contributed by atoms with Gasteiger partial charge in [0.05, 0.1) is 0 Å². The number of carbonyl (C=O) groups is 2. The van der Waals surface area contributed by atoms with Gasteiger partial charge in [-0.2, -0.15) is 0 Å². The number of sulfonamides is 1. The van der Waals surface area contributed by atoms with Gasteiger partial charge in [0.15, 0.2) is 0 Å². The van der Waals surface area contributed by atoms with E-state index < -0.39 is 27.3 Å². The Morgan fingerprint density at radius 2 is 1.80 bits per heavy atom. The van der Waals surface area contributed by atoms with Gasteiger partial charge in [0.25, 0.3) is 0 Å². The second kappa shape index (κ2) is 5.69. The molecule has 1 saturated heterocycles. The molecule has 0 spiro atoms. The number of amides is 1. The van der Waals surface area contributed by atoms with Gasteiger partial charge >= 0.3 is 5.97 Å². The molecule has 20 heavy (non-hydrogen) atoms. The minimum absolute atomic E-state index is 0.0419. The Kier molecular flexibility index (Phi) is 4.33. The van der Waals surface area contributed by atoms with Crippen LogP contribution in [-0.2, 0) is 19.6 Å². The number of carbonyl (C=O) groups excluding carboxylic acids is 1. The third-order valence-corrected chi connectivity index (χ3v) is 5.87. The van der Waals surface area contributed by atoms with Crippen molar-refractivity contribution in [2.75, 3.05) is 13.1 Å². The minimum Gasteiger partial charge on any atom is -0.480 e. The molecule has 2 aliphatic rings. The van der Waals surface area contributed by atoms with E-state index in [1.54, 1.807) is 4.90 Å². The number of nitrogens with zero attached hydrogens (tertiary/aromatic N) is 1. The van der Waals surface area contributed by atoms with Crippen LogP contribution >= 0.6 is 0 Å². The van der Waals surface area contributed by atoms with E-state index in [0.717, 1.165) is 25.7 Å². The number of carboxylic acid groups (broad SMARTS) is 1. The zero-order valence-corrected chi connectivity index (χ0v) is 12.2. The Hall–Kier alpha value is -1.15. The van der Waals surface area contributed by atoms with Crippen LogP contribution in [0.3, 0.4) is 0 Å². The minimum atomic E-state index is -3.68. The fourth-order valence-electron chi connectivity index (χ4n) is 2.64. The Balaban J connectivity index is 1.85. The molecule has 2 rings (SSSR count). The van der Waals surface area contributed by atoms with Crippen LogP contribution in [-0.4, -0.2) is 54.7 Å². The smallest absolute Gasteiger partial charge is 0.321 e. The molecule has 1 saturated carbocycles. The number of nitrogens with one attached hydrogen (secondary N) is 1. The highest BCUT2D eigenvalue weighted by Gasteiger charge is 2.42. The molecule has 1 atom stereocenters. The van der Waals surface area contributed by atoms with E-state index in [0.29, 0.717) is 0 Å².